The topological polar surface area (TPSA) is 21.3 Å². The van der Waals surface area contributed by atoms with Gasteiger partial charge in [-0.25, -0.2) is 0 Å². The lowest BCUT2D eigenvalue weighted by Crippen LogP contribution is -2.60. The molecule has 9 aromatic rings. The largest absolute Gasteiger partial charge is 0.454 e. The number of nitrogens with zero attached hydrogens (tertiary/aromatic N) is 2. The van der Waals surface area contributed by atoms with Gasteiger partial charge in [0.2, 0.25) is 0 Å². The van der Waals surface area contributed by atoms with E-state index in [9.17, 15) is 0 Å². The highest BCUT2D eigenvalue weighted by Gasteiger charge is 2.44. The van der Waals surface area contributed by atoms with Crippen LogP contribution in [0.2, 0.25) is 0 Å². The van der Waals surface area contributed by atoms with Crippen molar-refractivity contribution in [1.29, 1.82) is 0 Å². The summed E-state index contributed by atoms with van der Waals surface area (Å²) in [4.78, 5) is 2.58. The molecular formula is C54H53BN2OS. The maximum Gasteiger partial charge on any atom is 0.252 e. The fourth-order valence-electron chi connectivity index (χ4n) is 9.99. The van der Waals surface area contributed by atoms with Crippen LogP contribution in [0.25, 0.3) is 58.8 Å². The first-order chi connectivity index (χ1) is 27.8. The fourth-order valence-corrected chi connectivity index (χ4v) is 11.2. The molecule has 5 heterocycles. The molecule has 0 radical (unpaired) electrons. The standard InChI is InChI=1S/C54H53BN2OS/c1-51(2,3)30-21-23-38-41(26-30)56(40-18-15-17-35-34-22-20-31(52(4,5)6)29-44(34)58-49(35)40)42-27-33(54(10,11)12)28-43-46(42)55(38)39-25-32(53(7,8)9)24-37-47(39)57(43)48-36-16-13-14-19-45(36)59-50(37)48/h13-29H,1-12H3. The molecule has 0 bridgehead atoms. The Labute approximate surface area is 352 Å². The van der Waals surface area contributed by atoms with E-state index in [2.05, 4.69) is 196 Å². The zero-order valence-corrected chi connectivity index (χ0v) is 37.4. The Hall–Kier alpha value is -5.26. The Morgan fingerprint density at radius 1 is 0.475 bits per heavy atom. The second-order valence-corrected chi connectivity index (χ2v) is 22.6. The molecule has 3 nitrogen and oxygen atoms in total. The van der Waals surface area contributed by atoms with Crippen LogP contribution in [0, 0.1) is 0 Å². The maximum absolute atomic E-state index is 7.09. The van der Waals surface area contributed by atoms with Crippen molar-refractivity contribution in [2.45, 2.75) is 105 Å². The summed E-state index contributed by atoms with van der Waals surface area (Å²) in [6.45, 7) is 28.0. The van der Waals surface area contributed by atoms with E-state index < -0.39 is 0 Å². The number of thiophene rings is 1. The molecule has 0 N–H and O–H groups in total. The predicted octanol–water partition coefficient (Wildman–Crippen LogP) is 13.7. The molecule has 0 saturated carbocycles. The van der Waals surface area contributed by atoms with Crippen molar-refractivity contribution < 1.29 is 4.42 Å². The zero-order valence-electron chi connectivity index (χ0n) is 36.6. The van der Waals surface area contributed by atoms with Crippen LogP contribution in [0.3, 0.4) is 0 Å². The SMILES string of the molecule is CC(C)(C)c1ccc2c(c1)N(c1cccc3c1oc1cc(C(C)(C)C)ccc13)c1cc(C(C)(C)C)cc3c1B2c1cc(C(C)(C)C)cc2c4sc5ccccc5c4n-3c12. The normalized spacial score (nSPS) is 14.4. The highest BCUT2D eigenvalue weighted by Crippen LogP contribution is 2.49. The lowest BCUT2D eigenvalue weighted by molar-refractivity contribution is 0.587. The minimum absolute atomic E-state index is 0.0128. The Morgan fingerprint density at radius 3 is 1.83 bits per heavy atom. The number of furan rings is 1. The third kappa shape index (κ3) is 5.19. The molecule has 2 aliphatic heterocycles. The molecule has 0 atom stereocenters. The van der Waals surface area contributed by atoms with E-state index >= 15 is 0 Å². The summed E-state index contributed by atoms with van der Waals surface area (Å²) in [5.74, 6) is 0. The van der Waals surface area contributed by atoms with Gasteiger partial charge in [0, 0.05) is 43.3 Å². The molecule has 0 fully saturated rings. The second-order valence-electron chi connectivity index (χ2n) is 21.5. The van der Waals surface area contributed by atoms with Crippen LogP contribution in [0.1, 0.15) is 105 Å². The Morgan fingerprint density at radius 2 is 1.10 bits per heavy atom. The first-order valence-corrected chi connectivity index (χ1v) is 22.2. The van der Waals surface area contributed by atoms with E-state index in [0.717, 1.165) is 27.6 Å². The zero-order chi connectivity index (χ0) is 41.3. The lowest BCUT2D eigenvalue weighted by Gasteiger charge is -2.42. The molecule has 294 valence electrons. The van der Waals surface area contributed by atoms with Gasteiger partial charge in [0.05, 0.1) is 21.4 Å². The molecule has 2 aliphatic rings. The Kier molecular flexibility index (Phi) is 7.31. The quantitative estimate of drug-likeness (QED) is 0.155. The molecule has 3 aromatic heterocycles. The number of fused-ring (bicyclic) bond motifs is 12. The molecule has 0 aliphatic carbocycles. The molecular weight excluding hydrogens is 735 g/mol. The average Bonchev–Trinajstić information content (AvgIpc) is 3.84. The van der Waals surface area contributed by atoms with E-state index in [1.165, 1.54) is 86.9 Å². The number of hydrogen-bond donors (Lipinski definition) is 0. The van der Waals surface area contributed by atoms with Crippen LogP contribution < -0.4 is 21.3 Å². The predicted molar refractivity (Wildman–Crippen MR) is 258 cm³/mol. The van der Waals surface area contributed by atoms with Gasteiger partial charge < -0.3 is 13.9 Å². The smallest absolute Gasteiger partial charge is 0.252 e. The van der Waals surface area contributed by atoms with Crippen LogP contribution in [-0.2, 0) is 21.7 Å². The van der Waals surface area contributed by atoms with Gasteiger partial charge in [-0.3, -0.25) is 0 Å². The minimum Gasteiger partial charge on any atom is -0.454 e. The van der Waals surface area contributed by atoms with E-state index in [0.29, 0.717) is 0 Å². The molecule has 0 amide bonds. The summed E-state index contributed by atoms with van der Waals surface area (Å²) in [6.07, 6.45) is 0. The average molecular weight is 789 g/mol. The van der Waals surface area contributed by atoms with Crippen LogP contribution in [-0.4, -0.2) is 11.3 Å². The van der Waals surface area contributed by atoms with Crippen molar-refractivity contribution >= 4 is 105 Å². The number of hydrogen-bond acceptors (Lipinski definition) is 3. The summed E-state index contributed by atoms with van der Waals surface area (Å²) in [6, 6.07) is 40.0. The van der Waals surface area contributed by atoms with Crippen LogP contribution in [0.4, 0.5) is 17.1 Å². The lowest BCUT2D eigenvalue weighted by atomic mass is 9.33. The van der Waals surface area contributed by atoms with E-state index in [4.69, 9.17) is 4.42 Å². The van der Waals surface area contributed by atoms with Gasteiger partial charge in [0.1, 0.15) is 5.58 Å². The molecule has 6 aromatic carbocycles. The third-order valence-corrected chi connectivity index (χ3v) is 14.6. The summed E-state index contributed by atoms with van der Waals surface area (Å²) in [5.41, 5.74) is 18.6. The van der Waals surface area contributed by atoms with Crippen LogP contribution in [0.5, 0.6) is 0 Å². The number of anilines is 3. The monoisotopic (exact) mass is 788 g/mol. The van der Waals surface area contributed by atoms with E-state index in [1.807, 2.05) is 11.3 Å². The molecule has 0 spiro atoms. The van der Waals surface area contributed by atoms with Crippen molar-refractivity contribution in [3.8, 4) is 5.69 Å². The maximum atomic E-state index is 7.09. The minimum atomic E-state index is -0.104. The van der Waals surface area contributed by atoms with Gasteiger partial charge in [-0.15, -0.1) is 11.3 Å². The first-order valence-electron chi connectivity index (χ1n) is 21.4. The van der Waals surface area contributed by atoms with Crippen LogP contribution in [0.15, 0.2) is 108 Å². The molecule has 59 heavy (non-hydrogen) atoms. The first kappa shape index (κ1) is 36.8. The number of benzene rings is 6. The van der Waals surface area contributed by atoms with Gasteiger partial charge in [0.25, 0.3) is 6.71 Å². The Balaban J connectivity index is 1.32. The van der Waals surface area contributed by atoms with Crippen molar-refractivity contribution in [2.75, 3.05) is 4.90 Å². The number of rotatable bonds is 1. The van der Waals surface area contributed by atoms with Crippen LogP contribution >= 0.6 is 11.3 Å². The summed E-state index contributed by atoms with van der Waals surface area (Å²) >= 11 is 1.95. The van der Waals surface area contributed by atoms with E-state index in [-0.39, 0.29) is 28.4 Å². The highest BCUT2D eigenvalue weighted by atomic mass is 32.1. The van der Waals surface area contributed by atoms with Crippen molar-refractivity contribution in [3.05, 3.63) is 125 Å². The number of para-hydroxylation sites is 1. The molecule has 11 rings (SSSR count). The van der Waals surface area contributed by atoms with Gasteiger partial charge in [-0.1, -0.05) is 144 Å². The van der Waals surface area contributed by atoms with Gasteiger partial charge in [0.15, 0.2) is 5.58 Å². The summed E-state index contributed by atoms with van der Waals surface area (Å²) < 4.78 is 12.5. The molecule has 0 unspecified atom stereocenters. The molecule has 5 heteroatoms. The van der Waals surface area contributed by atoms with Gasteiger partial charge in [-0.05, 0) is 103 Å². The third-order valence-electron chi connectivity index (χ3n) is 13.4. The van der Waals surface area contributed by atoms with Crippen molar-refractivity contribution in [1.82, 2.24) is 4.57 Å². The van der Waals surface area contributed by atoms with Gasteiger partial charge >= 0.3 is 0 Å². The second kappa shape index (κ2) is 11.7. The van der Waals surface area contributed by atoms with Crippen molar-refractivity contribution in [2.24, 2.45) is 0 Å². The number of aromatic nitrogens is 1. The Bertz CT molecular complexity index is 3270. The summed E-state index contributed by atoms with van der Waals surface area (Å²) in [5, 5.41) is 5.00. The van der Waals surface area contributed by atoms with Gasteiger partial charge in [-0.2, -0.15) is 0 Å². The van der Waals surface area contributed by atoms with E-state index in [1.54, 1.807) is 0 Å². The summed E-state index contributed by atoms with van der Waals surface area (Å²) in [7, 11) is 0. The highest BCUT2D eigenvalue weighted by molar-refractivity contribution is 7.26. The molecule has 0 saturated heterocycles. The van der Waals surface area contributed by atoms with Crippen molar-refractivity contribution in [3.63, 3.8) is 0 Å². The fraction of sp³-hybridized carbons (Fsp3) is 0.296.